The van der Waals surface area contributed by atoms with Gasteiger partial charge in [0.2, 0.25) is 0 Å². The molecular formula is C18H29N3O3. The van der Waals surface area contributed by atoms with Crippen molar-refractivity contribution in [2.75, 3.05) is 27.2 Å². The number of rotatable bonds is 5. The van der Waals surface area contributed by atoms with Crippen LogP contribution in [0.4, 0.5) is 4.79 Å². The molecule has 0 saturated heterocycles. The van der Waals surface area contributed by atoms with E-state index in [1.54, 1.807) is 26.2 Å². The third-order valence-corrected chi connectivity index (χ3v) is 3.71. The molecule has 3 N–H and O–H groups in total. The Morgan fingerprint density at radius 2 is 1.67 bits per heavy atom. The van der Waals surface area contributed by atoms with Crippen LogP contribution in [0.1, 0.15) is 43.6 Å². The van der Waals surface area contributed by atoms with Crippen molar-refractivity contribution in [2.24, 2.45) is 5.73 Å². The lowest BCUT2D eigenvalue weighted by Gasteiger charge is -2.30. The highest BCUT2D eigenvalue weighted by molar-refractivity contribution is 5.93. The third kappa shape index (κ3) is 5.53. The number of nitrogens with zero attached hydrogens (tertiary/aromatic N) is 1. The summed E-state index contributed by atoms with van der Waals surface area (Å²) in [5.74, 6) is -0.0529. The van der Waals surface area contributed by atoms with Gasteiger partial charge in [-0.3, -0.25) is 4.79 Å². The average molecular weight is 335 g/mol. The number of benzene rings is 1. The van der Waals surface area contributed by atoms with E-state index < -0.39 is 17.1 Å². The molecule has 0 aliphatic rings. The minimum atomic E-state index is -0.544. The van der Waals surface area contributed by atoms with E-state index in [4.69, 9.17) is 10.5 Å². The van der Waals surface area contributed by atoms with Crippen LogP contribution in [0.2, 0.25) is 0 Å². The normalized spacial score (nSPS) is 13.8. The molecule has 0 spiro atoms. The summed E-state index contributed by atoms with van der Waals surface area (Å²) in [5, 5.41) is 2.77. The first kappa shape index (κ1) is 20.0. The number of ether oxygens (including phenoxy) is 1. The molecule has 1 rings (SSSR count). The Bertz CT molecular complexity index is 576. The van der Waals surface area contributed by atoms with Gasteiger partial charge in [0.05, 0.1) is 0 Å². The van der Waals surface area contributed by atoms with Gasteiger partial charge in [-0.2, -0.15) is 0 Å². The van der Waals surface area contributed by atoms with Crippen LogP contribution < -0.4 is 11.1 Å². The fourth-order valence-electron chi connectivity index (χ4n) is 2.15. The van der Waals surface area contributed by atoms with E-state index in [-0.39, 0.29) is 5.91 Å². The van der Waals surface area contributed by atoms with E-state index >= 15 is 0 Å². The zero-order valence-electron chi connectivity index (χ0n) is 15.5. The zero-order valence-corrected chi connectivity index (χ0v) is 15.5. The number of nitrogens with two attached hydrogens (primary N) is 1. The molecule has 0 saturated carbocycles. The first-order chi connectivity index (χ1) is 11.0. The topological polar surface area (TPSA) is 84.7 Å². The molecule has 0 aliphatic heterocycles. The van der Waals surface area contributed by atoms with Gasteiger partial charge in [0.1, 0.15) is 5.60 Å². The molecule has 2 amide bonds. The molecule has 134 valence electrons. The molecule has 6 heteroatoms. The predicted molar refractivity (Wildman–Crippen MR) is 95.1 cm³/mol. The second-order valence-corrected chi connectivity index (χ2v) is 7.40. The summed E-state index contributed by atoms with van der Waals surface area (Å²) in [5.41, 5.74) is 6.51. The minimum absolute atomic E-state index is 0.0529. The van der Waals surface area contributed by atoms with Crippen LogP contribution in [-0.2, 0) is 10.2 Å². The van der Waals surface area contributed by atoms with Crippen molar-refractivity contribution in [2.45, 2.75) is 38.7 Å². The maximum atomic E-state index is 12.0. The number of alkyl carbamates (subject to hydrolysis) is 1. The molecule has 1 aromatic carbocycles. The van der Waals surface area contributed by atoms with Crippen molar-refractivity contribution in [3.63, 3.8) is 0 Å². The highest BCUT2D eigenvalue weighted by atomic mass is 16.6. The summed E-state index contributed by atoms with van der Waals surface area (Å²) in [4.78, 5) is 25.3. The van der Waals surface area contributed by atoms with Gasteiger partial charge in [-0.05, 0) is 38.5 Å². The van der Waals surface area contributed by atoms with E-state index in [2.05, 4.69) is 5.32 Å². The first-order valence-electron chi connectivity index (χ1n) is 7.97. The van der Waals surface area contributed by atoms with Gasteiger partial charge in [-0.25, -0.2) is 4.79 Å². The van der Waals surface area contributed by atoms with Crippen LogP contribution in [0.3, 0.4) is 0 Å². The van der Waals surface area contributed by atoms with Gasteiger partial charge in [-0.1, -0.05) is 19.1 Å². The summed E-state index contributed by atoms with van der Waals surface area (Å²) >= 11 is 0. The van der Waals surface area contributed by atoms with E-state index in [1.807, 2.05) is 39.8 Å². The number of hydrogen-bond donors (Lipinski definition) is 2. The summed E-state index contributed by atoms with van der Waals surface area (Å²) in [6.07, 6.45) is -0.471. The quantitative estimate of drug-likeness (QED) is 0.863. The van der Waals surface area contributed by atoms with Gasteiger partial charge in [0.25, 0.3) is 5.91 Å². The number of carbonyl (C=O) groups is 2. The van der Waals surface area contributed by atoms with Gasteiger partial charge in [0, 0.05) is 38.2 Å². The van der Waals surface area contributed by atoms with Crippen LogP contribution in [-0.4, -0.2) is 49.7 Å². The minimum Gasteiger partial charge on any atom is -0.444 e. The van der Waals surface area contributed by atoms with Crippen LogP contribution in [0.15, 0.2) is 24.3 Å². The van der Waals surface area contributed by atoms with Crippen LogP contribution in [0.5, 0.6) is 0 Å². The summed E-state index contributed by atoms with van der Waals surface area (Å²) in [6.45, 7) is 8.11. The number of amides is 2. The standard InChI is InChI=1S/C18H29N3O3/c1-17(2,3)24-16(23)20-12-18(4,11-19)14-9-7-13(8-10-14)15(22)21(5)6/h7-10H,11-12,19H2,1-6H3,(H,20,23). The Balaban J connectivity index is 2.83. The lowest BCUT2D eigenvalue weighted by atomic mass is 9.82. The molecule has 1 unspecified atom stereocenters. The smallest absolute Gasteiger partial charge is 0.407 e. The van der Waals surface area contributed by atoms with E-state index in [0.717, 1.165) is 5.56 Å². The van der Waals surface area contributed by atoms with Gasteiger partial charge < -0.3 is 20.7 Å². The summed E-state index contributed by atoms with van der Waals surface area (Å²) in [7, 11) is 3.43. The molecule has 1 atom stereocenters. The largest absolute Gasteiger partial charge is 0.444 e. The van der Waals surface area contributed by atoms with E-state index in [1.165, 1.54) is 4.90 Å². The lowest BCUT2D eigenvalue weighted by molar-refractivity contribution is 0.0516. The Hall–Kier alpha value is -2.08. The molecule has 1 aromatic rings. The Kier molecular flexibility index (Phi) is 6.37. The Morgan fingerprint density at radius 3 is 2.08 bits per heavy atom. The maximum absolute atomic E-state index is 12.0. The number of nitrogens with one attached hydrogen (secondary N) is 1. The van der Waals surface area contributed by atoms with Gasteiger partial charge in [-0.15, -0.1) is 0 Å². The predicted octanol–water partition coefficient (Wildman–Crippen LogP) is 2.13. The van der Waals surface area contributed by atoms with Gasteiger partial charge >= 0.3 is 6.09 Å². The molecule has 0 fully saturated rings. The second-order valence-electron chi connectivity index (χ2n) is 7.40. The molecule has 0 aromatic heterocycles. The van der Waals surface area contributed by atoms with Crippen molar-refractivity contribution >= 4 is 12.0 Å². The Morgan fingerprint density at radius 1 is 1.12 bits per heavy atom. The number of carbonyl (C=O) groups excluding carboxylic acids is 2. The Labute approximate surface area is 144 Å². The highest BCUT2D eigenvalue weighted by Crippen LogP contribution is 2.23. The highest BCUT2D eigenvalue weighted by Gasteiger charge is 2.27. The molecule has 0 heterocycles. The van der Waals surface area contributed by atoms with Crippen molar-refractivity contribution in [3.8, 4) is 0 Å². The lowest BCUT2D eigenvalue weighted by Crippen LogP contribution is -2.45. The summed E-state index contributed by atoms with van der Waals surface area (Å²) < 4.78 is 5.25. The zero-order chi connectivity index (χ0) is 18.5. The maximum Gasteiger partial charge on any atom is 0.407 e. The van der Waals surface area contributed by atoms with Crippen LogP contribution >= 0.6 is 0 Å². The SMILES string of the molecule is CN(C)C(=O)c1ccc(C(C)(CN)CNC(=O)OC(C)(C)C)cc1. The van der Waals surface area contributed by atoms with Gasteiger partial charge in [0.15, 0.2) is 0 Å². The molecular weight excluding hydrogens is 306 g/mol. The monoisotopic (exact) mass is 335 g/mol. The average Bonchev–Trinajstić information content (AvgIpc) is 2.50. The van der Waals surface area contributed by atoms with E-state index in [9.17, 15) is 9.59 Å². The molecule has 6 nitrogen and oxygen atoms in total. The second kappa shape index (κ2) is 7.66. The third-order valence-electron chi connectivity index (χ3n) is 3.71. The van der Waals surface area contributed by atoms with Crippen molar-refractivity contribution in [1.29, 1.82) is 0 Å². The van der Waals surface area contributed by atoms with Crippen molar-refractivity contribution in [1.82, 2.24) is 10.2 Å². The molecule has 0 radical (unpaired) electrons. The number of hydrogen-bond acceptors (Lipinski definition) is 4. The fraction of sp³-hybridized carbons (Fsp3) is 0.556. The fourth-order valence-corrected chi connectivity index (χ4v) is 2.15. The summed E-state index contributed by atoms with van der Waals surface area (Å²) in [6, 6.07) is 7.30. The van der Waals surface area contributed by atoms with Crippen molar-refractivity contribution < 1.29 is 14.3 Å². The van der Waals surface area contributed by atoms with Crippen molar-refractivity contribution in [3.05, 3.63) is 35.4 Å². The molecule has 0 bridgehead atoms. The molecule has 24 heavy (non-hydrogen) atoms. The van der Waals surface area contributed by atoms with Crippen LogP contribution in [0, 0.1) is 0 Å². The van der Waals surface area contributed by atoms with E-state index in [0.29, 0.717) is 18.7 Å². The first-order valence-corrected chi connectivity index (χ1v) is 7.97. The van der Waals surface area contributed by atoms with Crippen LogP contribution in [0.25, 0.3) is 0 Å². The molecule has 0 aliphatic carbocycles.